The highest BCUT2D eigenvalue weighted by atomic mass is 32.8. The quantitative estimate of drug-likeness (QED) is 0.640. The molecule has 0 aliphatic rings. The molecular weight excluding hydrogens is 286 g/mol. The summed E-state index contributed by atoms with van der Waals surface area (Å²) in [5.74, 6) is -0.101. The summed E-state index contributed by atoms with van der Waals surface area (Å²) >= 11 is 4.92. The van der Waals surface area contributed by atoms with Gasteiger partial charge in [0.15, 0.2) is 0 Å². The van der Waals surface area contributed by atoms with E-state index in [-0.39, 0.29) is 11.4 Å². The number of benzene rings is 2. The number of hydrogen-bond acceptors (Lipinski definition) is 5. The molecule has 0 N–H and O–H groups in total. The zero-order chi connectivity index (χ0) is 13.9. The van der Waals surface area contributed by atoms with Gasteiger partial charge in [0.2, 0.25) is 14.5 Å². The van der Waals surface area contributed by atoms with Gasteiger partial charge in [0.05, 0.1) is 9.82 Å². The lowest BCUT2D eigenvalue weighted by molar-refractivity contribution is -0.385. The van der Waals surface area contributed by atoms with Crippen LogP contribution in [0, 0.1) is 10.1 Å². The fourth-order valence-corrected chi connectivity index (χ4v) is 2.95. The molecule has 5 nitrogen and oxygen atoms in total. The smallest absolute Gasteiger partial charge is 0.312 e. The van der Waals surface area contributed by atoms with E-state index in [1.807, 2.05) is 0 Å². The number of rotatable bonds is 4. The monoisotopic (exact) mass is 295 g/mol. The molecule has 0 bridgehead atoms. The van der Waals surface area contributed by atoms with Crippen molar-refractivity contribution in [3.05, 3.63) is 64.7 Å². The Balaban J connectivity index is 2.39. The third-order valence-electron chi connectivity index (χ3n) is 2.29. The molecule has 2 aromatic carbocycles. The average Bonchev–Trinajstić information content (AvgIpc) is 2.39. The summed E-state index contributed by atoms with van der Waals surface area (Å²) in [5, 5.41) is 10.8. The van der Waals surface area contributed by atoms with Gasteiger partial charge in [0.1, 0.15) is 0 Å². The summed E-state index contributed by atoms with van der Waals surface area (Å²) in [6, 6.07) is 13.9. The van der Waals surface area contributed by atoms with Gasteiger partial charge >= 0.3 is 5.69 Å². The lowest BCUT2D eigenvalue weighted by atomic mass is 10.3. The van der Waals surface area contributed by atoms with E-state index in [0.717, 1.165) is 0 Å². The van der Waals surface area contributed by atoms with Crippen molar-refractivity contribution in [1.29, 1.82) is 0 Å². The summed E-state index contributed by atoms with van der Waals surface area (Å²) in [4.78, 5) is 10.5. The molecule has 19 heavy (non-hydrogen) atoms. The molecule has 0 saturated heterocycles. The third-order valence-corrected chi connectivity index (χ3v) is 4.32. The first kappa shape index (κ1) is 13.4. The van der Waals surface area contributed by atoms with Gasteiger partial charge in [-0.25, -0.2) is 4.21 Å². The van der Waals surface area contributed by atoms with Crippen LogP contribution in [-0.4, -0.2) is 9.13 Å². The molecule has 0 aliphatic carbocycles. The Labute approximate surface area is 114 Å². The summed E-state index contributed by atoms with van der Waals surface area (Å²) in [7, 11) is -3.24. The third kappa shape index (κ3) is 3.07. The van der Waals surface area contributed by atoms with E-state index in [1.54, 1.807) is 36.4 Å². The van der Waals surface area contributed by atoms with E-state index in [0.29, 0.717) is 4.90 Å². The second-order valence-electron chi connectivity index (χ2n) is 3.58. The van der Waals surface area contributed by atoms with Crippen molar-refractivity contribution in [3.63, 3.8) is 0 Å². The van der Waals surface area contributed by atoms with Gasteiger partial charge in [-0.2, -0.15) is 0 Å². The van der Waals surface area contributed by atoms with E-state index in [1.165, 1.54) is 18.2 Å². The number of nitrogens with zero attached hydrogens (tertiary/aromatic N) is 1. The van der Waals surface area contributed by atoms with E-state index in [2.05, 4.69) is 0 Å². The summed E-state index contributed by atoms with van der Waals surface area (Å²) in [5.41, 5.74) is -0.268. The minimum absolute atomic E-state index is 0.101. The van der Waals surface area contributed by atoms with Crippen LogP contribution in [0.25, 0.3) is 0 Å². The van der Waals surface area contributed by atoms with Crippen LogP contribution in [0.5, 0.6) is 5.75 Å². The Bertz CT molecular complexity index is 699. The van der Waals surface area contributed by atoms with Gasteiger partial charge in [0, 0.05) is 17.3 Å². The molecule has 0 aromatic heterocycles. The lowest BCUT2D eigenvalue weighted by Crippen LogP contribution is -2.09. The Kier molecular flexibility index (Phi) is 3.77. The molecule has 2 aromatic rings. The molecule has 0 spiro atoms. The molecule has 0 aliphatic heterocycles. The molecular formula is C12H9NO4S2. The molecule has 0 heterocycles. The molecule has 0 fully saturated rings. The van der Waals surface area contributed by atoms with Crippen LogP contribution in [0.2, 0.25) is 0 Å². The fourth-order valence-electron chi connectivity index (χ4n) is 1.43. The fraction of sp³-hybridized carbons (Fsp3) is 0. The Morgan fingerprint density at radius 3 is 2.26 bits per heavy atom. The lowest BCUT2D eigenvalue weighted by Gasteiger charge is -2.09. The maximum absolute atomic E-state index is 12.3. The number of hydrogen-bond donors (Lipinski definition) is 0. The minimum Gasteiger partial charge on any atom is -0.390 e. The van der Waals surface area contributed by atoms with Crippen LogP contribution < -0.4 is 4.18 Å². The van der Waals surface area contributed by atoms with Crippen LogP contribution in [-0.2, 0) is 20.0 Å². The van der Waals surface area contributed by atoms with Crippen molar-refractivity contribution in [1.82, 2.24) is 0 Å². The molecule has 2 rings (SSSR count). The Morgan fingerprint density at radius 1 is 1.05 bits per heavy atom. The summed E-state index contributed by atoms with van der Waals surface area (Å²) < 4.78 is 17.5. The molecule has 1 unspecified atom stereocenters. The van der Waals surface area contributed by atoms with Crippen molar-refractivity contribution in [3.8, 4) is 5.75 Å². The van der Waals surface area contributed by atoms with Gasteiger partial charge in [-0.05, 0) is 18.2 Å². The SMILES string of the molecule is O=[N+]([O-])c1ccccc1OS(=O)(=S)c1ccccc1. The molecule has 0 saturated carbocycles. The highest BCUT2D eigenvalue weighted by molar-refractivity contribution is 8.30. The van der Waals surface area contributed by atoms with Crippen molar-refractivity contribution in [2.75, 3.05) is 0 Å². The number of nitro groups is 1. The molecule has 0 radical (unpaired) electrons. The normalized spacial score (nSPS) is 13.5. The van der Waals surface area contributed by atoms with Gasteiger partial charge in [-0.3, -0.25) is 10.1 Å². The second kappa shape index (κ2) is 5.33. The minimum atomic E-state index is -3.24. The van der Waals surface area contributed by atoms with Crippen LogP contribution in [0.4, 0.5) is 5.69 Å². The number of para-hydroxylation sites is 2. The van der Waals surface area contributed by atoms with Gasteiger partial charge in [-0.1, -0.05) is 30.3 Å². The van der Waals surface area contributed by atoms with Crippen molar-refractivity contribution in [2.24, 2.45) is 0 Å². The van der Waals surface area contributed by atoms with E-state index in [9.17, 15) is 14.3 Å². The van der Waals surface area contributed by atoms with E-state index < -0.39 is 13.7 Å². The van der Waals surface area contributed by atoms with Crippen molar-refractivity contribution < 1.29 is 13.3 Å². The highest BCUT2D eigenvalue weighted by Gasteiger charge is 2.19. The van der Waals surface area contributed by atoms with E-state index in [4.69, 9.17) is 15.4 Å². The van der Waals surface area contributed by atoms with Gasteiger partial charge < -0.3 is 4.18 Å². The summed E-state index contributed by atoms with van der Waals surface area (Å²) in [6.45, 7) is 0. The number of nitro benzene ring substituents is 1. The van der Waals surface area contributed by atoms with Gasteiger partial charge in [0.25, 0.3) is 0 Å². The van der Waals surface area contributed by atoms with Crippen molar-refractivity contribution in [2.45, 2.75) is 4.90 Å². The average molecular weight is 295 g/mol. The van der Waals surface area contributed by atoms with E-state index >= 15 is 0 Å². The van der Waals surface area contributed by atoms with Gasteiger partial charge in [-0.15, -0.1) is 0 Å². The first-order valence-electron chi connectivity index (χ1n) is 5.24. The topological polar surface area (TPSA) is 69.4 Å². The zero-order valence-electron chi connectivity index (χ0n) is 9.59. The Hall–Kier alpha value is -1.99. The maximum atomic E-state index is 12.3. The predicted molar refractivity (Wildman–Crippen MR) is 73.9 cm³/mol. The molecule has 1 atom stereocenters. The van der Waals surface area contributed by atoms with Crippen molar-refractivity contribution >= 4 is 25.6 Å². The van der Waals surface area contributed by atoms with Crippen LogP contribution in [0.1, 0.15) is 0 Å². The standard InChI is InChI=1S/C12H9NO4S2/c14-13(15)11-8-4-5-9-12(11)17-19(16,18)10-6-2-1-3-7-10/h1-9H. The molecule has 0 amide bonds. The second-order valence-corrected chi connectivity index (χ2v) is 6.44. The van der Waals surface area contributed by atoms with Crippen LogP contribution in [0.15, 0.2) is 59.5 Å². The largest absolute Gasteiger partial charge is 0.390 e. The molecule has 7 heteroatoms. The maximum Gasteiger partial charge on any atom is 0.312 e. The first-order valence-corrected chi connectivity index (χ1v) is 7.64. The zero-order valence-corrected chi connectivity index (χ0v) is 11.2. The first-order chi connectivity index (χ1) is 9.00. The summed E-state index contributed by atoms with van der Waals surface area (Å²) in [6.07, 6.45) is 0. The van der Waals surface area contributed by atoms with Crippen LogP contribution >= 0.6 is 0 Å². The molecule has 98 valence electrons. The van der Waals surface area contributed by atoms with Crippen LogP contribution in [0.3, 0.4) is 0 Å². The predicted octanol–water partition coefficient (Wildman–Crippen LogP) is 2.69. The highest BCUT2D eigenvalue weighted by Crippen LogP contribution is 2.28. The Morgan fingerprint density at radius 2 is 1.63 bits per heavy atom.